The van der Waals surface area contributed by atoms with E-state index in [0.29, 0.717) is 0 Å². The number of nitrogens with two attached hydrogens (primary N) is 1. The standard InChI is InChI=1S/C12H22N4/c1-3-12(13,4-2)11-15-14-10-8-6-5-7-9-16(10)11/h3-9,13H2,1-2H3. The molecule has 4 heteroatoms. The van der Waals surface area contributed by atoms with Crippen molar-refractivity contribution >= 4 is 0 Å². The van der Waals surface area contributed by atoms with Crippen LogP contribution in [0.25, 0.3) is 0 Å². The molecule has 0 amide bonds. The van der Waals surface area contributed by atoms with Gasteiger partial charge in [-0.25, -0.2) is 0 Å². The SMILES string of the molecule is CCC(N)(CC)c1nnc2n1CCCCC2. The molecule has 0 fully saturated rings. The Morgan fingerprint density at radius 3 is 2.62 bits per heavy atom. The maximum atomic E-state index is 6.41. The summed E-state index contributed by atoms with van der Waals surface area (Å²) in [7, 11) is 0. The lowest BCUT2D eigenvalue weighted by Crippen LogP contribution is -2.38. The third kappa shape index (κ3) is 1.86. The van der Waals surface area contributed by atoms with Crippen LogP contribution >= 0.6 is 0 Å². The van der Waals surface area contributed by atoms with E-state index >= 15 is 0 Å². The molecule has 1 aromatic rings. The van der Waals surface area contributed by atoms with Gasteiger partial charge >= 0.3 is 0 Å². The van der Waals surface area contributed by atoms with Gasteiger partial charge in [-0.15, -0.1) is 10.2 Å². The van der Waals surface area contributed by atoms with Gasteiger partial charge in [-0.05, 0) is 25.7 Å². The van der Waals surface area contributed by atoms with E-state index < -0.39 is 0 Å². The fourth-order valence-electron chi connectivity index (χ4n) is 2.42. The Balaban J connectivity index is 2.38. The van der Waals surface area contributed by atoms with Crippen molar-refractivity contribution in [3.63, 3.8) is 0 Å². The lowest BCUT2D eigenvalue weighted by atomic mass is 9.93. The maximum Gasteiger partial charge on any atom is 0.153 e. The van der Waals surface area contributed by atoms with Crippen LogP contribution in [0.3, 0.4) is 0 Å². The summed E-state index contributed by atoms with van der Waals surface area (Å²) in [6, 6.07) is 0. The molecule has 2 heterocycles. The van der Waals surface area contributed by atoms with Crippen LogP contribution in [0, 0.1) is 0 Å². The molecule has 0 saturated heterocycles. The number of hydrogen-bond donors (Lipinski definition) is 1. The first-order chi connectivity index (χ1) is 7.71. The number of rotatable bonds is 3. The zero-order valence-electron chi connectivity index (χ0n) is 10.4. The number of hydrogen-bond acceptors (Lipinski definition) is 3. The van der Waals surface area contributed by atoms with Crippen molar-refractivity contribution < 1.29 is 0 Å². The van der Waals surface area contributed by atoms with E-state index in [2.05, 4.69) is 28.6 Å². The molecule has 2 N–H and O–H groups in total. The van der Waals surface area contributed by atoms with Crippen molar-refractivity contribution in [1.29, 1.82) is 0 Å². The van der Waals surface area contributed by atoms with Crippen LogP contribution in [0.1, 0.15) is 57.6 Å². The fraction of sp³-hybridized carbons (Fsp3) is 0.833. The molecule has 0 aromatic carbocycles. The van der Waals surface area contributed by atoms with E-state index in [0.717, 1.165) is 37.5 Å². The van der Waals surface area contributed by atoms with Gasteiger partial charge in [0.1, 0.15) is 5.82 Å². The van der Waals surface area contributed by atoms with E-state index in [-0.39, 0.29) is 5.54 Å². The van der Waals surface area contributed by atoms with Gasteiger partial charge in [0.25, 0.3) is 0 Å². The Kier molecular flexibility index (Phi) is 3.28. The van der Waals surface area contributed by atoms with Crippen molar-refractivity contribution in [2.75, 3.05) is 0 Å². The first-order valence-electron chi connectivity index (χ1n) is 6.42. The Labute approximate surface area is 97.2 Å². The van der Waals surface area contributed by atoms with Gasteiger partial charge in [0.05, 0.1) is 5.54 Å². The molecule has 1 aliphatic rings. The van der Waals surface area contributed by atoms with E-state index in [4.69, 9.17) is 5.73 Å². The highest BCUT2D eigenvalue weighted by Gasteiger charge is 2.30. The molecule has 0 aliphatic carbocycles. The second kappa shape index (κ2) is 4.53. The average Bonchev–Trinajstić information content (AvgIpc) is 2.58. The van der Waals surface area contributed by atoms with Crippen LogP contribution in [0.15, 0.2) is 0 Å². The zero-order chi connectivity index (χ0) is 11.6. The van der Waals surface area contributed by atoms with Gasteiger partial charge < -0.3 is 10.3 Å². The molecular formula is C12H22N4. The molecule has 0 spiro atoms. The van der Waals surface area contributed by atoms with Crippen LogP contribution in [0.2, 0.25) is 0 Å². The molecule has 1 aliphatic heterocycles. The third-order valence-corrected chi connectivity index (χ3v) is 3.82. The quantitative estimate of drug-likeness (QED) is 0.850. The Bertz CT molecular complexity index is 352. The normalized spacial score (nSPS) is 16.9. The van der Waals surface area contributed by atoms with Gasteiger partial charge in [0.15, 0.2) is 5.82 Å². The summed E-state index contributed by atoms with van der Waals surface area (Å²) in [5.41, 5.74) is 6.12. The zero-order valence-corrected chi connectivity index (χ0v) is 10.4. The summed E-state index contributed by atoms with van der Waals surface area (Å²) in [4.78, 5) is 0. The molecular weight excluding hydrogens is 200 g/mol. The third-order valence-electron chi connectivity index (χ3n) is 3.82. The van der Waals surface area contributed by atoms with Gasteiger partial charge in [-0.3, -0.25) is 0 Å². The lowest BCUT2D eigenvalue weighted by Gasteiger charge is -2.26. The number of fused-ring (bicyclic) bond motifs is 1. The number of aryl methyl sites for hydroxylation is 1. The van der Waals surface area contributed by atoms with Crippen LogP contribution in [-0.2, 0) is 18.5 Å². The predicted octanol–water partition coefficient (Wildman–Crippen LogP) is 1.98. The highest BCUT2D eigenvalue weighted by molar-refractivity contribution is 5.09. The van der Waals surface area contributed by atoms with Crippen molar-refractivity contribution in [3.8, 4) is 0 Å². The summed E-state index contributed by atoms with van der Waals surface area (Å²) in [6.07, 6.45) is 6.63. The van der Waals surface area contributed by atoms with E-state index in [1.54, 1.807) is 0 Å². The highest BCUT2D eigenvalue weighted by Crippen LogP contribution is 2.26. The molecule has 0 radical (unpaired) electrons. The number of nitrogens with zero attached hydrogens (tertiary/aromatic N) is 3. The van der Waals surface area contributed by atoms with Crippen LogP contribution in [-0.4, -0.2) is 14.8 Å². The Hall–Kier alpha value is -0.900. The molecule has 0 unspecified atom stereocenters. The second-order valence-electron chi connectivity index (χ2n) is 4.77. The van der Waals surface area contributed by atoms with Gasteiger partial charge in [-0.1, -0.05) is 20.3 Å². The number of aromatic nitrogens is 3. The largest absolute Gasteiger partial charge is 0.319 e. The van der Waals surface area contributed by atoms with Gasteiger partial charge in [0, 0.05) is 13.0 Å². The van der Waals surface area contributed by atoms with E-state index in [1.165, 1.54) is 19.3 Å². The Morgan fingerprint density at radius 1 is 1.19 bits per heavy atom. The predicted molar refractivity (Wildman–Crippen MR) is 64.0 cm³/mol. The van der Waals surface area contributed by atoms with E-state index in [9.17, 15) is 0 Å². The first-order valence-corrected chi connectivity index (χ1v) is 6.42. The minimum atomic E-state index is -0.296. The fourth-order valence-corrected chi connectivity index (χ4v) is 2.42. The van der Waals surface area contributed by atoms with Crippen LogP contribution in [0.4, 0.5) is 0 Å². The molecule has 0 saturated carbocycles. The van der Waals surface area contributed by atoms with Crippen molar-refractivity contribution in [3.05, 3.63) is 11.6 Å². The topological polar surface area (TPSA) is 56.7 Å². The minimum Gasteiger partial charge on any atom is -0.319 e. The summed E-state index contributed by atoms with van der Waals surface area (Å²) in [5, 5.41) is 8.65. The second-order valence-corrected chi connectivity index (χ2v) is 4.77. The van der Waals surface area contributed by atoms with Crippen molar-refractivity contribution in [2.45, 2.75) is 64.5 Å². The van der Waals surface area contributed by atoms with E-state index in [1.807, 2.05) is 0 Å². The summed E-state index contributed by atoms with van der Waals surface area (Å²) in [5.74, 6) is 2.12. The molecule has 0 bridgehead atoms. The van der Waals surface area contributed by atoms with Crippen LogP contribution < -0.4 is 5.73 Å². The maximum absolute atomic E-state index is 6.41. The molecule has 4 nitrogen and oxygen atoms in total. The molecule has 16 heavy (non-hydrogen) atoms. The highest BCUT2D eigenvalue weighted by atomic mass is 15.3. The first kappa shape index (κ1) is 11.6. The van der Waals surface area contributed by atoms with Gasteiger partial charge in [-0.2, -0.15) is 0 Å². The molecule has 90 valence electrons. The molecule has 1 aromatic heterocycles. The summed E-state index contributed by atoms with van der Waals surface area (Å²) in [6.45, 7) is 5.29. The average molecular weight is 222 g/mol. The lowest BCUT2D eigenvalue weighted by molar-refractivity contribution is 0.365. The smallest absolute Gasteiger partial charge is 0.153 e. The van der Waals surface area contributed by atoms with Crippen molar-refractivity contribution in [1.82, 2.24) is 14.8 Å². The summed E-state index contributed by atoms with van der Waals surface area (Å²) >= 11 is 0. The van der Waals surface area contributed by atoms with Gasteiger partial charge in [0.2, 0.25) is 0 Å². The monoisotopic (exact) mass is 222 g/mol. The van der Waals surface area contributed by atoms with Crippen molar-refractivity contribution in [2.24, 2.45) is 5.73 Å². The summed E-state index contributed by atoms with van der Waals surface area (Å²) < 4.78 is 2.26. The van der Waals surface area contributed by atoms with Crippen LogP contribution in [0.5, 0.6) is 0 Å². The molecule has 0 atom stereocenters. The minimum absolute atomic E-state index is 0.296. The Morgan fingerprint density at radius 2 is 1.94 bits per heavy atom. The molecule has 2 rings (SSSR count).